The molecule has 1 aliphatic heterocycles. The minimum absolute atomic E-state index is 0.0476. The van der Waals surface area contributed by atoms with E-state index < -0.39 is 11.9 Å². The van der Waals surface area contributed by atoms with Crippen LogP contribution in [0.3, 0.4) is 0 Å². The van der Waals surface area contributed by atoms with E-state index in [4.69, 9.17) is 19.3 Å². The van der Waals surface area contributed by atoms with Crippen molar-refractivity contribution < 1.29 is 28.9 Å². The molecule has 0 aliphatic carbocycles. The Morgan fingerprint density at radius 2 is 1.36 bits per heavy atom. The molecule has 1 saturated heterocycles. The summed E-state index contributed by atoms with van der Waals surface area (Å²) in [5, 5.41) is 8.95. The molecule has 0 radical (unpaired) electrons. The molecule has 0 spiro atoms. The van der Waals surface area contributed by atoms with E-state index in [1.54, 1.807) is 18.7 Å². The van der Waals surface area contributed by atoms with Gasteiger partial charge in [-0.2, -0.15) is 0 Å². The largest absolute Gasteiger partial charge is 0.481 e. The average molecular weight is 317 g/mol. The zero-order chi connectivity index (χ0) is 16.4. The molecule has 128 valence electrons. The van der Waals surface area contributed by atoms with Gasteiger partial charge in [0.05, 0.1) is 45.6 Å². The summed E-state index contributed by atoms with van der Waals surface area (Å²) in [6, 6.07) is 0. The Morgan fingerprint density at radius 3 is 1.82 bits per heavy atom. The van der Waals surface area contributed by atoms with Crippen molar-refractivity contribution in [2.24, 2.45) is 11.8 Å². The van der Waals surface area contributed by atoms with Crippen molar-refractivity contribution in [1.29, 1.82) is 0 Å². The van der Waals surface area contributed by atoms with Crippen LogP contribution in [0.5, 0.6) is 0 Å². The fraction of sp³-hybridized carbons (Fsp3) is 0.867. The van der Waals surface area contributed by atoms with Gasteiger partial charge in [0.25, 0.3) is 0 Å². The Morgan fingerprint density at radius 1 is 0.909 bits per heavy atom. The molecule has 0 aromatic heterocycles. The highest BCUT2D eigenvalue weighted by Crippen LogP contribution is 2.15. The fourth-order valence-electron chi connectivity index (χ4n) is 2.27. The highest BCUT2D eigenvalue weighted by Gasteiger charge is 2.24. The molecular formula is C15H27NO6. The van der Waals surface area contributed by atoms with Gasteiger partial charge in [-0.3, -0.25) is 9.59 Å². The second kappa shape index (κ2) is 10.5. The Bertz CT molecular complexity index is 337. The summed E-state index contributed by atoms with van der Waals surface area (Å²) in [6.07, 6.45) is 0.334. The van der Waals surface area contributed by atoms with Gasteiger partial charge >= 0.3 is 5.97 Å². The zero-order valence-corrected chi connectivity index (χ0v) is 13.5. The van der Waals surface area contributed by atoms with Crippen molar-refractivity contribution in [3.05, 3.63) is 0 Å². The van der Waals surface area contributed by atoms with E-state index in [2.05, 4.69) is 0 Å². The van der Waals surface area contributed by atoms with Crippen LogP contribution in [0.25, 0.3) is 0 Å². The van der Waals surface area contributed by atoms with Gasteiger partial charge in [-0.25, -0.2) is 0 Å². The topological polar surface area (TPSA) is 85.3 Å². The maximum Gasteiger partial charge on any atom is 0.306 e. The molecule has 0 aromatic rings. The maximum atomic E-state index is 12.5. The standard InChI is InChI=1S/C15H27NO6/c1-12(11-13(2)15(18)19)14(17)16-3-5-20-7-9-22-10-8-21-6-4-16/h12-13H,3-11H2,1-2H3,(H,18,19)/t12-,13+/m0/s1. The quantitative estimate of drug-likeness (QED) is 0.818. The summed E-state index contributed by atoms with van der Waals surface area (Å²) in [7, 11) is 0. The lowest BCUT2D eigenvalue weighted by Gasteiger charge is -2.27. The molecule has 0 saturated carbocycles. The van der Waals surface area contributed by atoms with E-state index in [0.29, 0.717) is 59.2 Å². The normalized spacial score (nSPS) is 21.3. The van der Waals surface area contributed by atoms with Crippen LogP contribution in [0.4, 0.5) is 0 Å². The third kappa shape index (κ3) is 7.20. The average Bonchev–Trinajstić information content (AvgIpc) is 2.47. The molecule has 0 unspecified atom stereocenters. The molecule has 1 heterocycles. The number of ether oxygens (including phenoxy) is 3. The Kier molecular flexibility index (Phi) is 9.03. The minimum atomic E-state index is -0.875. The van der Waals surface area contributed by atoms with Crippen LogP contribution in [0.1, 0.15) is 20.3 Å². The van der Waals surface area contributed by atoms with Crippen LogP contribution in [0, 0.1) is 11.8 Å². The number of carbonyl (C=O) groups is 2. The number of nitrogens with zero attached hydrogens (tertiary/aromatic N) is 1. The highest BCUT2D eigenvalue weighted by atomic mass is 16.5. The van der Waals surface area contributed by atoms with E-state index in [1.165, 1.54) is 0 Å². The monoisotopic (exact) mass is 317 g/mol. The molecule has 1 N–H and O–H groups in total. The first kappa shape index (κ1) is 18.9. The molecular weight excluding hydrogens is 290 g/mol. The molecule has 22 heavy (non-hydrogen) atoms. The van der Waals surface area contributed by atoms with Crippen LogP contribution in [-0.2, 0) is 23.8 Å². The van der Waals surface area contributed by atoms with Crippen molar-refractivity contribution in [2.75, 3.05) is 52.7 Å². The number of amides is 1. The van der Waals surface area contributed by atoms with Crippen LogP contribution in [-0.4, -0.2) is 74.6 Å². The molecule has 7 heteroatoms. The number of carbonyl (C=O) groups excluding carboxylic acids is 1. The summed E-state index contributed by atoms with van der Waals surface area (Å²) in [5.41, 5.74) is 0. The molecule has 1 fully saturated rings. The van der Waals surface area contributed by atoms with E-state index in [-0.39, 0.29) is 11.8 Å². The summed E-state index contributed by atoms with van der Waals surface area (Å²) in [4.78, 5) is 25.1. The first-order chi connectivity index (χ1) is 10.5. The van der Waals surface area contributed by atoms with E-state index in [1.807, 2.05) is 0 Å². The predicted octanol–water partition coefficient (Wildman–Crippen LogP) is 0.625. The van der Waals surface area contributed by atoms with Crippen molar-refractivity contribution >= 4 is 11.9 Å². The molecule has 7 nitrogen and oxygen atoms in total. The van der Waals surface area contributed by atoms with Crippen LogP contribution in [0.2, 0.25) is 0 Å². The molecule has 0 aromatic carbocycles. The third-order valence-corrected chi connectivity index (χ3v) is 3.62. The summed E-state index contributed by atoms with van der Waals surface area (Å²) >= 11 is 0. The van der Waals surface area contributed by atoms with Crippen LogP contribution in [0.15, 0.2) is 0 Å². The number of rotatable bonds is 4. The lowest BCUT2D eigenvalue weighted by molar-refractivity contribution is -0.143. The zero-order valence-electron chi connectivity index (χ0n) is 13.5. The number of aliphatic carboxylic acids is 1. The fourth-order valence-corrected chi connectivity index (χ4v) is 2.27. The lowest BCUT2D eigenvalue weighted by atomic mass is 9.96. The first-order valence-electron chi connectivity index (χ1n) is 7.77. The summed E-state index contributed by atoms with van der Waals surface area (Å²) < 4.78 is 16.2. The van der Waals surface area contributed by atoms with Gasteiger partial charge in [0.15, 0.2) is 0 Å². The summed E-state index contributed by atoms with van der Waals surface area (Å²) in [5.74, 6) is -1.79. The molecule has 1 amide bonds. The Hall–Kier alpha value is -1.18. The van der Waals surface area contributed by atoms with Crippen molar-refractivity contribution in [3.63, 3.8) is 0 Å². The van der Waals surface area contributed by atoms with E-state index in [9.17, 15) is 9.59 Å². The molecule has 0 bridgehead atoms. The number of hydrogen-bond acceptors (Lipinski definition) is 5. The molecule has 1 aliphatic rings. The van der Waals surface area contributed by atoms with Gasteiger partial charge < -0.3 is 24.2 Å². The maximum absolute atomic E-state index is 12.5. The Labute approximate surface area is 131 Å². The van der Waals surface area contributed by atoms with Crippen molar-refractivity contribution in [3.8, 4) is 0 Å². The predicted molar refractivity (Wildman–Crippen MR) is 79.6 cm³/mol. The molecule has 2 atom stereocenters. The number of hydrogen-bond donors (Lipinski definition) is 1. The van der Waals surface area contributed by atoms with Crippen molar-refractivity contribution in [2.45, 2.75) is 20.3 Å². The number of carboxylic acids is 1. The van der Waals surface area contributed by atoms with Crippen LogP contribution >= 0.6 is 0 Å². The second-order valence-corrected chi connectivity index (χ2v) is 5.54. The second-order valence-electron chi connectivity index (χ2n) is 5.54. The van der Waals surface area contributed by atoms with Crippen molar-refractivity contribution in [1.82, 2.24) is 4.90 Å². The van der Waals surface area contributed by atoms with E-state index in [0.717, 1.165) is 0 Å². The summed E-state index contributed by atoms with van der Waals surface area (Å²) in [6.45, 7) is 7.26. The highest BCUT2D eigenvalue weighted by molar-refractivity contribution is 5.79. The lowest BCUT2D eigenvalue weighted by Crippen LogP contribution is -2.41. The van der Waals surface area contributed by atoms with Gasteiger partial charge in [-0.05, 0) is 6.42 Å². The minimum Gasteiger partial charge on any atom is -0.481 e. The smallest absolute Gasteiger partial charge is 0.306 e. The van der Waals surface area contributed by atoms with Gasteiger partial charge in [0, 0.05) is 19.0 Å². The van der Waals surface area contributed by atoms with Gasteiger partial charge in [0.1, 0.15) is 0 Å². The van der Waals surface area contributed by atoms with Gasteiger partial charge in [-0.1, -0.05) is 13.8 Å². The van der Waals surface area contributed by atoms with E-state index >= 15 is 0 Å². The number of carboxylic acid groups (broad SMARTS) is 1. The van der Waals surface area contributed by atoms with Gasteiger partial charge in [-0.15, -0.1) is 0 Å². The SMILES string of the molecule is C[C@H](C[C@H](C)C(=O)N1CCOCCOCCOCC1)C(=O)O. The van der Waals surface area contributed by atoms with Crippen LogP contribution < -0.4 is 0 Å². The first-order valence-corrected chi connectivity index (χ1v) is 7.77. The Balaban J connectivity index is 2.51. The molecule has 1 rings (SSSR count). The van der Waals surface area contributed by atoms with Gasteiger partial charge in [0.2, 0.25) is 5.91 Å². The third-order valence-electron chi connectivity index (χ3n) is 3.62.